The smallest absolute Gasteiger partial charge is 0.306 e. The number of rotatable bonds is 46. The Labute approximate surface area is 361 Å². The van der Waals surface area contributed by atoms with E-state index in [-0.39, 0.29) is 24.9 Å². The van der Waals surface area contributed by atoms with E-state index in [2.05, 4.69) is 50.4 Å². The van der Waals surface area contributed by atoms with Crippen LogP contribution in [0.25, 0.3) is 0 Å². The number of amides is 1. The molecule has 0 aliphatic rings. The molecule has 0 aromatic heterocycles. The van der Waals surface area contributed by atoms with Gasteiger partial charge in [-0.25, -0.2) is 0 Å². The van der Waals surface area contributed by atoms with Gasteiger partial charge in [0, 0.05) is 6.42 Å². The van der Waals surface area contributed by atoms with Crippen LogP contribution < -0.4 is 5.32 Å². The zero-order valence-corrected chi connectivity index (χ0v) is 38.9. The highest BCUT2D eigenvalue weighted by molar-refractivity contribution is 5.77. The van der Waals surface area contributed by atoms with E-state index in [0.717, 1.165) is 64.2 Å². The highest BCUT2D eigenvalue weighted by Gasteiger charge is 2.24. The molecule has 0 saturated heterocycles. The lowest BCUT2D eigenvalue weighted by Gasteiger charge is -2.24. The summed E-state index contributed by atoms with van der Waals surface area (Å²) in [5, 5.41) is 23.8. The van der Waals surface area contributed by atoms with Crippen molar-refractivity contribution >= 4 is 11.9 Å². The maximum absolute atomic E-state index is 13.2. The van der Waals surface area contributed by atoms with E-state index in [1.807, 2.05) is 0 Å². The molecule has 0 aromatic rings. The first-order chi connectivity index (χ1) is 28.5. The molecule has 0 fully saturated rings. The van der Waals surface area contributed by atoms with Crippen molar-refractivity contribution in [3.63, 3.8) is 0 Å². The van der Waals surface area contributed by atoms with Crippen LogP contribution in [-0.2, 0) is 14.3 Å². The second kappa shape index (κ2) is 46.4. The number of carbonyl (C=O) groups is 2. The summed E-state index contributed by atoms with van der Waals surface area (Å²) in [7, 11) is 0. The van der Waals surface area contributed by atoms with E-state index in [0.29, 0.717) is 19.3 Å². The largest absolute Gasteiger partial charge is 0.462 e. The number of allylic oxidation sites excluding steroid dienone is 4. The highest BCUT2D eigenvalue weighted by atomic mass is 16.5. The van der Waals surface area contributed by atoms with Gasteiger partial charge in [-0.1, -0.05) is 225 Å². The van der Waals surface area contributed by atoms with Crippen LogP contribution in [0.3, 0.4) is 0 Å². The van der Waals surface area contributed by atoms with Crippen LogP contribution in [0.1, 0.15) is 271 Å². The minimum Gasteiger partial charge on any atom is -0.462 e. The number of ether oxygens (including phenoxy) is 1. The third kappa shape index (κ3) is 41.1. The van der Waals surface area contributed by atoms with Gasteiger partial charge in [-0.05, 0) is 57.8 Å². The third-order valence-corrected chi connectivity index (χ3v) is 11.8. The van der Waals surface area contributed by atoms with Gasteiger partial charge in [0.2, 0.25) is 5.91 Å². The average molecular weight is 818 g/mol. The Morgan fingerprint density at radius 3 is 1.34 bits per heavy atom. The summed E-state index contributed by atoms with van der Waals surface area (Å²) in [6.45, 7) is 6.45. The number of aliphatic hydroxyl groups is 2. The molecule has 58 heavy (non-hydrogen) atoms. The topological polar surface area (TPSA) is 95.9 Å². The lowest BCUT2D eigenvalue weighted by Crippen LogP contribution is -2.46. The number of hydrogen-bond donors (Lipinski definition) is 3. The van der Waals surface area contributed by atoms with Crippen molar-refractivity contribution in [2.75, 3.05) is 6.61 Å². The van der Waals surface area contributed by atoms with E-state index in [1.165, 1.54) is 161 Å². The first-order valence-electron chi connectivity index (χ1n) is 25.6. The number of esters is 1. The fraction of sp³-hybridized carbons (Fsp3) is 0.885. The molecule has 0 aromatic carbocycles. The van der Waals surface area contributed by atoms with Crippen molar-refractivity contribution in [3.8, 4) is 0 Å². The van der Waals surface area contributed by atoms with Gasteiger partial charge in [0.15, 0.2) is 0 Å². The van der Waals surface area contributed by atoms with Crippen LogP contribution in [0.15, 0.2) is 24.3 Å². The van der Waals surface area contributed by atoms with Crippen molar-refractivity contribution in [2.24, 2.45) is 0 Å². The molecule has 6 nitrogen and oxygen atoms in total. The molecule has 6 heteroatoms. The van der Waals surface area contributed by atoms with Crippen LogP contribution in [0.4, 0.5) is 0 Å². The second-order valence-corrected chi connectivity index (χ2v) is 17.6. The molecule has 0 aliphatic carbocycles. The zero-order valence-electron chi connectivity index (χ0n) is 38.9. The van der Waals surface area contributed by atoms with Gasteiger partial charge in [-0.15, -0.1) is 0 Å². The van der Waals surface area contributed by atoms with Crippen LogP contribution in [0.5, 0.6) is 0 Å². The van der Waals surface area contributed by atoms with Crippen molar-refractivity contribution in [1.82, 2.24) is 5.32 Å². The van der Waals surface area contributed by atoms with Gasteiger partial charge >= 0.3 is 5.97 Å². The fourth-order valence-electron chi connectivity index (χ4n) is 7.87. The summed E-state index contributed by atoms with van der Waals surface area (Å²) in [5.74, 6) is -0.478. The van der Waals surface area contributed by atoms with Gasteiger partial charge in [-0.3, -0.25) is 9.59 Å². The minimum absolute atomic E-state index is 0.0729. The minimum atomic E-state index is -0.787. The zero-order chi connectivity index (χ0) is 42.4. The SMILES string of the molecule is CCCCC/C=C\C/C=C\CCCCCCCC(CC(=O)NC(CO)C(O)CCCCCCCCCCCCCCCCC)OC(=O)CCCCCCCCCCC. The molecule has 1 amide bonds. The average Bonchev–Trinajstić information content (AvgIpc) is 3.22. The number of aliphatic hydroxyl groups excluding tert-OH is 2. The standard InChI is InChI=1S/C52H99NO5/c1-4-7-10-13-16-19-21-23-25-27-29-32-34-37-40-43-48(58-52(57)45-42-39-36-31-18-15-12-9-6-3)46-51(56)53-49(47-54)50(55)44-41-38-35-33-30-28-26-24-22-20-17-14-11-8-5-2/h16,19,23,25,48-50,54-55H,4-15,17-18,20-22,24,26-47H2,1-3H3,(H,53,56)/b19-16-,25-23-. The van der Waals surface area contributed by atoms with Crippen molar-refractivity contribution in [2.45, 2.75) is 289 Å². The molecule has 342 valence electrons. The third-order valence-electron chi connectivity index (χ3n) is 11.8. The predicted molar refractivity (Wildman–Crippen MR) is 250 cm³/mol. The molecule has 0 spiro atoms. The first kappa shape index (κ1) is 56.3. The van der Waals surface area contributed by atoms with Crippen LogP contribution in [0, 0.1) is 0 Å². The first-order valence-corrected chi connectivity index (χ1v) is 25.6. The van der Waals surface area contributed by atoms with E-state index >= 15 is 0 Å². The van der Waals surface area contributed by atoms with Crippen LogP contribution >= 0.6 is 0 Å². The summed E-state index contributed by atoms with van der Waals surface area (Å²) in [4.78, 5) is 26.0. The molecule has 3 N–H and O–H groups in total. The van der Waals surface area contributed by atoms with Crippen molar-refractivity contribution < 1.29 is 24.5 Å². The highest BCUT2D eigenvalue weighted by Crippen LogP contribution is 2.18. The Hall–Kier alpha value is -1.66. The second-order valence-electron chi connectivity index (χ2n) is 17.6. The summed E-state index contributed by atoms with van der Waals surface area (Å²) in [6, 6.07) is -0.701. The Morgan fingerprint density at radius 2 is 0.879 bits per heavy atom. The maximum Gasteiger partial charge on any atom is 0.306 e. The number of carbonyl (C=O) groups excluding carboxylic acids is 2. The Kier molecular flexibility index (Phi) is 45.1. The predicted octanol–water partition coefficient (Wildman–Crippen LogP) is 15.1. The summed E-state index contributed by atoms with van der Waals surface area (Å²) in [5.41, 5.74) is 0. The Balaban J connectivity index is 4.52. The summed E-state index contributed by atoms with van der Waals surface area (Å²) in [6.07, 6.45) is 52.4. The van der Waals surface area contributed by atoms with Crippen LogP contribution in [-0.4, -0.2) is 46.9 Å². The normalized spacial score (nSPS) is 13.4. The van der Waals surface area contributed by atoms with Gasteiger partial charge < -0.3 is 20.3 Å². The summed E-state index contributed by atoms with van der Waals surface area (Å²) >= 11 is 0. The molecule has 0 rings (SSSR count). The number of hydrogen-bond acceptors (Lipinski definition) is 5. The molecular weight excluding hydrogens is 719 g/mol. The van der Waals surface area contributed by atoms with E-state index < -0.39 is 18.2 Å². The van der Waals surface area contributed by atoms with Gasteiger partial charge in [0.1, 0.15) is 6.10 Å². The molecule has 0 bridgehead atoms. The lowest BCUT2D eigenvalue weighted by molar-refractivity contribution is -0.151. The van der Waals surface area contributed by atoms with Crippen molar-refractivity contribution in [3.05, 3.63) is 24.3 Å². The van der Waals surface area contributed by atoms with Gasteiger partial charge in [-0.2, -0.15) is 0 Å². The van der Waals surface area contributed by atoms with E-state index in [4.69, 9.17) is 4.74 Å². The Bertz CT molecular complexity index is 919. The van der Waals surface area contributed by atoms with Crippen LogP contribution in [0.2, 0.25) is 0 Å². The molecule has 0 aliphatic heterocycles. The van der Waals surface area contributed by atoms with Gasteiger partial charge in [0.05, 0.1) is 25.2 Å². The number of nitrogens with one attached hydrogen (secondary N) is 1. The molecule has 0 heterocycles. The quantitative estimate of drug-likeness (QED) is 0.0323. The molecule has 0 saturated carbocycles. The maximum atomic E-state index is 13.2. The van der Waals surface area contributed by atoms with Crippen molar-refractivity contribution in [1.29, 1.82) is 0 Å². The molecule has 3 unspecified atom stereocenters. The van der Waals surface area contributed by atoms with E-state index in [9.17, 15) is 19.8 Å². The molecule has 3 atom stereocenters. The Morgan fingerprint density at radius 1 is 0.500 bits per heavy atom. The number of unbranched alkanes of at least 4 members (excludes halogenated alkanes) is 30. The molecular formula is C52H99NO5. The molecule has 0 radical (unpaired) electrons. The van der Waals surface area contributed by atoms with E-state index in [1.54, 1.807) is 0 Å². The lowest BCUT2D eigenvalue weighted by atomic mass is 10.0. The summed E-state index contributed by atoms with van der Waals surface area (Å²) < 4.78 is 5.91. The fourth-order valence-corrected chi connectivity index (χ4v) is 7.87. The monoisotopic (exact) mass is 818 g/mol. The van der Waals surface area contributed by atoms with Gasteiger partial charge in [0.25, 0.3) is 0 Å².